The van der Waals surface area contributed by atoms with E-state index < -0.39 is 11.4 Å². The minimum atomic E-state index is -0.850. The van der Waals surface area contributed by atoms with E-state index in [4.69, 9.17) is 10.5 Å². The number of carbonyl (C=O) groups excluding carboxylic acids is 1. The van der Waals surface area contributed by atoms with Gasteiger partial charge in [0.05, 0.1) is 5.69 Å². The number of carbonyl (C=O) groups is 1. The number of benzene rings is 1. The molecule has 4 nitrogen and oxygen atoms in total. The van der Waals surface area contributed by atoms with Crippen molar-refractivity contribution in [3.63, 3.8) is 0 Å². The van der Waals surface area contributed by atoms with Crippen LogP contribution in [0.3, 0.4) is 0 Å². The number of rotatable bonds is 5. The third-order valence-corrected chi connectivity index (χ3v) is 3.65. The van der Waals surface area contributed by atoms with Crippen molar-refractivity contribution < 1.29 is 13.9 Å². The minimum Gasteiger partial charge on any atom is -0.365 e. The van der Waals surface area contributed by atoms with E-state index in [-0.39, 0.29) is 5.91 Å². The summed E-state index contributed by atoms with van der Waals surface area (Å²) in [5.41, 5.74) is 4.96. The highest BCUT2D eigenvalue weighted by Gasteiger charge is 2.41. The van der Waals surface area contributed by atoms with Crippen LogP contribution in [0.4, 0.5) is 10.1 Å². The van der Waals surface area contributed by atoms with E-state index in [1.54, 1.807) is 25.1 Å². The van der Waals surface area contributed by atoms with Gasteiger partial charge in [-0.15, -0.1) is 0 Å². The van der Waals surface area contributed by atoms with Gasteiger partial charge in [0.1, 0.15) is 11.4 Å². The van der Waals surface area contributed by atoms with Gasteiger partial charge in [0.15, 0.2) is 0 Å². The van der Waals surface area contributed by atoms with Crippen LogP contribution >= 0.6 is 0 Å². The number of hydrogen-bond acceptors (Lipinski definition) is 3. The number of halogens is 1. The summed E-state index contributed by atoms with van der Waals surface area (Å²) in [6.45, 7) is 3.20. The van der Waals surface area contributed by atoms with Crippen LogP contribution in [-0.4, -0.2) is 31.2 Å². The fraction of sp³-hybridized carbons (Fsp3) is 0.533. The number of para-hydroxylation sites is 1. The quantitative estimate of drug-likeness (QED) is 0.898. The molecule has 0 radical (unpaired) electrons. The maximum atomic E-state index is 14.0. The molecule has 2 N–H and O–H groups in total. The second-order valence-corrected chi connectivity index (χ2v) is 5.23. The predicted octanol–water partition coefficient (Wildman–Crippen LogP) is 2.08. The molecule has 1 saturated heterocycles. The van der Waals surface area contributed by atoms with Gasteiger partial charge in [-0.05, 0) is 44.9 Å². The molecule has 1 aliphatic heterocycles. The Morgan fingerprint density at radius 3 is 2.85 bits per heavy atom. The zero-order chi connectivity index (χ0) is 14.6. The molecule has 0 spiro atoms. The Morgan fingerprint density at radius 2 is 2.25 bits per heavy atom. The van der Waals surface area contributed by atoms with Gasteiger partial charge in [-0.2, -0.15) is 0 Å². The van der Waals surface area contributed by atoms with Crippen LogP contribution in [0.25, 0.3) is 0 Å². The van der Waals surface area contributed by atoms with Crippen molar-refractivity contribution in [2.45, 2.75) is 31.8 Å². The van der Waals surface area contributed by atoms with Crippen LogP contribution in [0.5, 0.6) is 0 Å². The number of anilines is 1. The Morgan fingerprint density at radius 1 is 1.50 bits per heavy atom. The van der Waals surface area contributed by atoms with Crippen molar-refractivity contribution >= 4 is 11.6 Å². The summed E-state index contributed by atoms with van der Waals surface area (Å²) in [5.74, 6) is -0.590. The molecular formula is C15H21FN2O2. The molecule has 2 rings (SSSR count). The molecule has 0 aliphatic carbocycles. The maximum absolute atomic E-state index is 14.0. The molecule has 1 atom stereocenters. The number of nitrogens with zero attached hydrogens (tertiary/aromatic N) is 1. The first kappa shape index (κ1) is 14.9. The fourth-order valence-corrected chi connectivity index (χ4v) is 2.48. The Labute approximate surface area is 118 Å². The standard InChI is InChI=1S/C15H21FN2O2/c1-15(8-4-11-20-15)14(19)18(10-5-9-17)13-7-3-2-6-12(13)16/h2-3,6-7H,4-5,8-11,17H2,1H3. The number of ether oxygens (including phenoxy) is 1. The summed E-state index contributed by atoms with van der Waals surface area (Å²) in [6.07, 6.45) is 2.14. The Kier molecular flexibility index (Phi) is 4.73. The van der Waals surface area contributed by atoms with E-state index >= 15 is 0 Å². The molecule has 1 heterocycles. The van der Waals surface area contributed by atoms with Crippen molar-refractivity contribution in [3.05, 3.63) is 30.1 Å². The number of amides is 1. The highest BCUT2D eigenvalue weighted by molar-refractivity contribution is 5.99. The molecule has 1 amide bonds. The van der Waals surface area contributed by atoms with Crippen molar-refractivity contribution in [3.8, 4) is 0 Å². The highest BCUT2D eigenvalue weighted by Crippen LogP contribution is 2.30. The molecule has 1 aliphatic rings. The lowest BCUT2D eigenvalue weighted by Gasteiger charge is -2.31. The lowest BCUT2D eigenvalue weighted by atomic mass is 10.0. The highest BCUT2D eigenvalue weighted by atomic mass is 19.1. The SMILES string of the molecule is CC1(C(=O)N(CCCN)c2ccccc2F)CCCO1. The lowest BCUT2D eigenvalue weighted by molar-refractivity contribution is -0.136. The zero-order valence-electron chi connectivity index (χ0n) is 11.8. The van der Waals surface area contributed by atoms with Crippen LogP contribution in [0.2, 0.25) is 0 Å². The normalized spacial score (nSPS) is 21.9. The molecular weight excluding hydrogens is 259 g/mol. The second kappa shape index (κ2) is 6.33. The summed E-state index contributed by atoms with van der Waals surface area (Å²) in [7, 11) is 0. The molecule has 1 aromatic rings. The fourth-order valence-electron chi connectivity index (χ4n) is 2.48. The molecule has 20 heavy (non-hydrogen) atoms. The van der Waals surface area contributed by atoms with Gasteiger partial charge in [0, 0.05) is 13.2 Å². The van der Waals surface area contributed by atoms with E-state index in [2.05, 4.69) is 0 Å². The molecule has 1 aromatic carbocycles. The second-order valence-electron chi connectivity index (χ2n) is 5.23. The smallest absolute Gasteiger partial charge is 0.259 e. The van der Waals surface area contributed by atoms with E-state index in [1.165, 1.54) is 11.0 Å². The molecule has 0 aromatic heterocycles. The van der Waals surface area contributed by atoms with Gasteiger partial charge in [0.2, 0.25) is 0 Å². The first-order valence-electron chi connectivity index (χ1n) is 6.99. The van der Waals surface area contributed by atoms with Crippen LogP contribution in [-0.2, 0) is 9.53 Å². The maximum Gasteiger partial charge on any atom is 0.259 e. The van der Waals surface area contributed by atoms with Crippen LogP contribution in [0.1, 0.15) is 26.2 Å². The first-order chi connectivity index (χ1) is 9.58. The van der Waals surface area contributed by atoms with Gasteiger partial charge < -0.3 is 15.4 Å². The molecule has 0 bridgehead atoms. The molecule has 1 unspecified atom stereocenters. The number of nitrogens with two attached hydrogens (primary N) is 1. The summed E-state index contributed by atoms with van der Waals surface area (Å²) < 4.78 is 19.6. The van der Waals surface area contributed by atoms with E-state index in [0.717, 1.165) is 6.42 Å². The van der Waals surface area contributed by atoms with Crippen molar-refractivity contribution in [1.82, 2.24) is 0 Å². The monoisotopic (exact) mass is 280 g/mol. The molecule has 110 valence electrons. The van der Waals surface area contributed by atoms with Crippen LogP contribution < -0.4 is 10.6 Å². The van der Waals surface area contributed by atoms with Gasteiger partial charge in [-0.3, -0.25) is 4.79 Å². The average molecular weight is 280 g/mol. The number of hydrogen-bond donors (Lipinski definition) is 1. The Hall–Kier alpha value is -1.46. The van der Waals surface area contributed by atoms with Gasteiger partial charge in [0.25, 0.3) is 5.91 Å². The first-order valence-corrected chi connectivity index (χ1v) is 6.99. The summed E-state index contributed by atoms with van der Waals surface area (Å²) >= 11 is 0. The molecule has 1 fully saturated rings. The van der Waals surface area contributed by atoms with Gasteiger partial charge >= 0.3 is 0 Å². The summed E-state index contributed by atoms with van der Waals surface area (Å²) in [4.78, 5) is 14.2. The minimum absolute atomic E-state index is 0.187. The van der Waals surface area contributed by atoms with E-state index in [0.29, 0.717) is 38.2 Å². The Bertz CT molecular complexity index is 473. The molecule has 0 saturated carbocycles. The topological polar surface area (TPSA) is 55.6 Å². The van der Waals surface area contributed by atoms with Crippen LogP contribution in [0.15, 0.2) is 24.3 Å². The third kappa shape index (κ3) is 2.99. The lowest BCUT2D eigenvalue weighted by Crippen LogP contribution is -2.48. The van der Waals surface area contributed by atoms with E-state index in [9.17, 15) is 9.18 Å². The van der Waals surface area contributed by atoms with Crippen molar-refractivity contribution in [2.24, 2.45) is 5.73 Å². The summed E-state index contributed by atoms with van der Waals surface area (Å²) in [6, 6.07) is 6.30. The molecule has 5 heteroatoms. The van der Waals surface area contributed by atoms with Gasteiger partial charge in [-0.25, -0.2) is 4.39 Å². The van der Waals surface area contributed by atoms with Crippen molar-refractivity contribution in [2.75, 3.05) is 24.6 Å². The largest absolute Gasteiger partial charge is 0.365 e. The predicted molar refractivity (Wildman–Crippen MR) is 76.0 cm³/mol. The van der Waals surface area contributed by atoms with E-state index in [1.807, 2.05) is 0 Å². The Balaban J connectivity index is 2.28. The van der Waals surface area contributed by atoms with Crippen LogP contribution in [0, 0.1) is 5.82 Å². The van der Waals surface area contributed by atoms with Crippen molar-refractivity contribution in [1.29, 1.82) is 0 Å². The zero-order valence-corrected chi connectivity index (χ0v) is 11.8. The average Bonchev–Trinajstić information content (AvgIpc) is 2.89. The third-order valence-electron chi connectivity index (χ3n) is 3.65. The van der Waals surface area contributed by atoms with Gasteiger partial charge in [-0.1, -0.05) is 12.1 Å². The summed E-state index contributed by atoms with van der Waals surface area (Å²) in [5, 5.41) is 0.